The van der Waals surface area contributed by atoms with Gasteiger partial charge in [-0.15, -0.1) is 0 Å². The van der Waals surface area contributed by atoms with Crippen molar-refractivity contribution in [3.63, 3.8) is 0 Å². The van der Waals surface area contributed by atoms with Crippen molar-refractivity contribution in [2.45, 2.75) is 6.92 Å². The van der Waals surface area contributed by atoms with Gasteiger partial charge >= 0.3 is 0 Å². The smallest absolute Gasteiger partial charge is 0.267 e. The van der Waals surface area contributed by atoms with E-state index in [1.807, 2.05) is 0 Å². The van der Waals surface area contributed by atoms with Crippen LogP contribution in [0.15, 0.2) is 42.6 Å². The zero-order valence-corrected chi connectivity index (χ0v) is 11.6. The van der Waals surface area contributed by atoms with E-state index in [9.17, 15) is 19.7 Å². The summed E-state index contributed by atoms with van der Waals surface area (Å²) >= 11 is 0. The van der Waals surface area contributed by atoms with Gasteiger partial charge in [0, 0.05) is 23.4 Å². The number of benzene rings is 1. The van der Waals surface area contributed by atoms with Crippen LogP contribution in [0.1, 0.15) is 26.4 Å². The molecule has 0 saturated heterocycles. The van der Waals surface area contributed by atoms with Crippen molar-refractivity contribution in [3.05, 3.63) is 69.5 Å². The van der Waals surface area contributed by atoms with Crippen LogP contribution >= 0.6 is 0 Å². The Bertz CT molecular complexity index is 731. The summed E-state index contributed by atoms with van der Waals surface area (Å²) in [6.07, 6.45) is 1.45. The third-order valence-electron chi connectivity index (χ3n) is 2.84. The lowest BCUT2D eigenvalue weighted by Gasteiger charge is -2.07. The van der Waals surface area contributed by atoms with Gasteiger partial charge in [-0.2, -0.15) is 0 Å². The number of hydrogen-bond donors (Lipinski definition) is 2. The average Bonchev–Trinajstić information content (AvgIpc) is 2.52. The summed E-state index contributed by atoms with van der Waals surface area (Å²) in [4.78, 5) is 37.6. The second-order valence-corrected chi connectivity index (χ2v) is 4.38. The minimum Gasteiger partial charge on any atom is -0.267 e. The zero-order valence-electron chi connectivity index (χ0n) is 11.6. The van der Waals surface area contributed by atoms with Crippen LogP contribution in [0.25, 0.3) is 0 Å². The minimum atomic E-state index is -0.581. The molecule has 8 heteroatoms. The second-order valence-electron chi connectivity index (χ2n) is 4.38. The molecule has 2 N–H and O–H groups in total. The summed E-state index contributed by atoms with van der Waals surface area (Å²) in [5, 5.41) is 10.7. The number of aromatic nitrogens is 1. The quantitative estimate of drug-likeness (QED) is 0.656. The molecule has 0 aliphatic heterocycles. The number of amides is 2. The van der Waals surface area contributed by atoms with E-state index in [4.69, 9.17) is 0 Å². The topological polar surface area (TPSA) is 114 Å². The fourth-order valence-corrected chi connectivity index (χ4v) is 1.75. The highest BCUT2D eigenvalue weighted by molar-refractivity contribution is 5.98. The Morgan fingerprint density at radius 3 is 2.45 bits per heavy atom. The molecule has 0 aliphatic carbocycles. The van der Waals surface area contributed by atoms with Crippen LogP contribution < -0.4 is 10.9 Å². The molecule has 0 fully saturated rings. The summed E-state index contributed by atoms with van der Waals surface area (Å²) in [6, 6.07) is 8.73. The van der Waals surface area contributed by atoms with Crippen LogP contribution in [0, 0.1) is 17.0 Å². The van der Waals surface area contributed by atoms with Crippen molar-refractivity contribution < 1.29 is 14.5 Å². The van der Waals surface area contributed by atoms with Crippen molar-refractivity contribution in [1.82, 2.24) is 15.8 Å². The van der Waals surface area contributed by atoms with Gasteiger partial charge in [0.25, 0.3) is 17.5 Å². The normalized spacial score (nSPS) is 9.86. The Morgan fingerprint density at radius 1 is 1.14 bits per heavy atom. The Kier molecular flexibility index (Phi) is 4.42. The molecular weight excluding hydrogens is 288 g/mol. The molecule has 1 heterocycles. The molecule has 2 rings (SSSR count). The second kappa shape index (κ2) is 6.44. The van der Waals surface area contributed by atoms with E-state index in [-0.39, 0.29) is 16.9 Å². The summed E-state index contributed by atoms with van der Waals surface area (Å²) in [5.74, 6) is -1.14. The zero-order chi connectivity index (χ0) is 16.1. The van der Waals surface area contributed by atoms with Crippen molar-refractivity contribution >= 4 is 17.5 Å². The molecule has 2 amide bonds. The van der Waals surface area contributed by atoms with Gasteiger partial charge in [0.05, 0.1) is 4.92 Å². The number of nitro groups is 1. The molecule has 1 aromatic heterocycles. The lowest BCUT2D eigenvalue weighted by molar-refractivity contribution is -0.385. The number of rotatable bonds is 3. The highest BCUT2D eigenvalue weighted by Crippen LogP contribution is 2.18. The Labute approximate surface area is 125 Å². The number of aryl methyl sites for hydroxylation is 1. The first kappa shape index (κ1) is 15.1. The fourth-order valence-electron chi connectivity index (χ4n) is 1.75. The molecule has 0 atom stereocenters. The van der Waals surface area contributed by atoms with Gasteiger partial charge in [-0.25, -0.2) is 0 Å². The molecule has 1 aromatic carbocycles. The Morgan fingerprint density at radius 2 is 1.86 bits per heavy atom. The predicted molar refractivity (Wildman–Crippen MR) is 77.0 cm³/mol. The number of hydrogen-bond acceptors (Lipinski definition) is 5. The van der Waals surface area contributed by atoms with Crippen molar-refractivity contribution in [2.24, 2.45) is 0 Å². The number of nitro benzene ring substituents is 1. The summed E-state index contributed by atoms with van der Waals surface area (Å²) in [5.41, 5.74) is 5.08. The molecule has 0 unspecified atom stereocenters. The molecule has 0 radical (unpaired) electrons. The first-order valence-electron chi connectivity index (χ1n) is 6.26. The molecular formula is C14H12N4O4. The molecule has 0 spiro atoms. The Balaban J connectivity index is 2.02. The van der Waals surface area contributed by atoms with Gasteiger partial charge < -0.3 is 0 Å². The summed E-state index contributed by atoms with van der Waals surface area (Å²) in [7, 11) is 0. The van der Waals surface area contributed by atoms with Crippen LogP contribution in [0.2, 0.25) is 0 Å². The van der Waals surface area contributed by atoms with E-state index in [1.54, 1.807) is 12.1 Å². The lowest BCUT2D eigenvalue weighted by atomic mass is 10.1. The fraction of sp³-hybridized carbons (Fsp3) is 0.0714. The maximum Gasteiger partial charge on any atom is 0.288 e. The van der Waals surface area contributed by atoms with Crippen molar-refractivity contribution in [3.8, 4) is 0 Å². The average molecular weight is 300 g/mol. The third-order valence-corrected chi connectivity index (χ3v) is 2.84. The first-order valence-corrected chi connectivity index (χ1v) is 6.26. The number of pyridine rings is 1. The lowest BCUT2D eigenvalue weighted by Crippen LogP contribution is -2.41. The van der Waals surface area contributed by atoms with Crippen molar-refractivity contribution in [2.75, 3.05) is 0 Å². The molecule has 0 bridgehead atoms. The molecule has 2 aromatic rings. The van der Waals surface area contributed by atoms with Gasteiger partial charge in [0.1, 0.15) is 5.69 Å². The van der Waals surface area contributed by atoms with Crippen LogP contribution in [0.4, 0.5) is 5.69 Å². The number of hydrazine groups is 1. The van der Waals surface area contributed by atoms with Crippen molar-refractivity contribution in [1.29, 1.82) is 0 Å². The summed E-state index contributed by atoms with van der Waals surface area (Å²) in [6.45, 7) is 1.53. The molecule has 112 valence electrons. The van der Waals surface area contributed by atoms with Gasteiger partial charge in [-0.1, -0.05) is 6.07 Å². The maximum atomic E-state index is 11.9. The van der Waals surface area contributed by atoms with Crippen LogP contribution in [-0.2, 0) is 0 Å². The van der Waals surface area contributed by atoms with E-state index in [2.05, 4.69) is 15.8 Å². The van der Waals surface area contributed by atoms with E-state index in [0.717, 1.165) is 0 Å². The number of carbonyl (C=O) groups is 2. The van der Waals surface area contributed by atoms with Crippen LogP contribution in [0.5, 0.6) is 0 Å². The van der Waals surface area contributed by atoms with E-state index >= 15 is 0 Å². The summed E-state index contributed by atoms with van der Waals surface area (Å²) < 4.78 is 0. The number of nitrogens with zero attached hydrogens (tertiary/aromatic N) is 2. The van der Waals surface area contributed by atoms with Crippen LogP contribution in [-0.4, -0.2) is 21.7 Å². The predicted octanol–water partition coefficient (Wildman–Crippen LogP) is 1.37. The molecule has 0 aliphatic rings. The first-order chi connectivity index (χ1) is 10.5. The Hall–Kier alpha value is -3.29. The molecule has 0 saturated carbocycles. The van der Waals surface area contributed by atoms with Gasteiger partial charge in [0.2, 0.25) is 0 Å². The largest absolute Gasteiger partial charge is 0.288 e. The standard InChI is InChI=1S/C14H12N4O4/c1-9-8-10(5-6-12(9)18(21)22)13(19)16-17-14(20)11-4-2-3-7-15-11/h2-8H,1H3,(H,16,19)(H,17,20). The third kappa shape index (κ3) is 3.42. The SMILES string of the molecule is Cc1cc(C(=O)NNC(=O)c2ccccn2)ccc1[N+](=O)[O-]. The minimum absolute atomic E-state index is 0.0749. The van der Waals surface area contributed by atoms with E-state index < -0.39 is 16.7 Å². The van der Waals surface area contributed by atoms with E-state index in [1.165, 1.54) is 37.4 Å². The molecule has 22 heavy (non-hydrogen) atoms. The maximum absolute atomic E-state index is 11.9. The highest BCUT2D eigenvalue weighted by atomic mass is 16.6. The number of nitrogens with one attached hydrogen (secondary N) is 2. The van der Waals surface area contributed by atoms with Gasteiger partial charge in [-0.05, 0) is 31.2 Å². The highest BCUT2D eigenvalue weighted by Gasteiger charge is 2.14. The van der Waals surface area contributed by atoms with Gasteiger partial charge in [0.15, 0.2) is 0 Å². The monoisotopic (exact) mass is 300 g/mol. The number of carbonyl (C=O) groups excluding carboxylic acids is 2. The van der Waals surface area contributed by atoms with Gasteiger partial charge in [-0.3, -0.25) is 35.5 Å². The van der Waals surface area contributed by atoms with E-state index in [0.29, 0.717) is 5.56 Å². The van der Waals surface area contributed by atoms with Crippen LogP contribution in [0.3, 0.4) is 0 Å². The molecule has 8 nitrogen and oxygen atoms in total.